The molecular weight excluding hydrogens is 320 g/mol. The molecular formula is C23H38N2O. The lowest BCUT2D eigenvalue weighted by Gasteiger charge is -2.32. The molecule has 1 aromatic carbocycles. The van der Waals surface area contributed by atoms with Gasteiger partial charge in [-0.2, -0.15) is 5.26 Å². The molecule has 1 N–H and O–H groups in total. The summed E-state index contributed by atoms with van der Waals surface area (Å²) < 4.78 is 0. The highest BCUT2D eigenvalue weighted by atomic mass is 16.3. The molecule has 0 heterocycles. The molecule has 0 spiro atoms. The van der Waals surface area contributed by atoms with E-state index in [2.05, 4.69) is 38.7 Å². The highest BCUT2D eigenvalue weighted by molar-refractivity contribution is 5.56. The van der Waals surface area contributed by atoms with Gasteiger partial charge in [0.1, 0.15) is 11.8 Å². The van der Waals surface area contributed by atoms with Crippen LogP contribution in [0.1, 0.15) is 84.6 Å². The molecule has 0 aliphatic carbocycles. The Morgan fingerprint density at radius 3 is 1.88 bits per heavy atom. The van der Waals surface area contributed by atoms with Gasteiger partial charge in [0.2, 0.25) is 0 Å². The van der Waals surface area contributed by atoms with Crippen LogP contribution in [0.5, 0.6) is 5.75 Å². The molecule has 1 rings (SSSR count). The first-order valence-electron chi connectivity index (χ1n) is 10.6. The van der Waals surface area contributed by atoms with Gasteiger partial charge in [0, 0.05) is 24.8 Å². The molecule has 0 saturated heterocycles. The van der Waals surface area contributed by atoms with E-state index in [-0.39, 0.29) is 5.75 Å². The van der Waals surface area contributed by atoms with E-state index < -0.39 is 0 Å². The Kier molecular flexibility index (Phi) is 10.9. The van der Waals surface area contributed by atoms with Gasteiger partial charge in [-0.1, -0.05) is 66.2 Å². The average Bonchev–Trinajstić information content (AvgIpc) is 2.66. The summed E-state index contributed by atoms with van der Waals surface area (Å²) in [4.78, 5) is 2.45. The number of anilines is 1. The van der Waals surface area contributed by atoms with Crippen LogP contribution < -0.4 is 4.90 Å². The Hall–Kier alpha value is -1.69. The largest absolute Gasteiger partial charge is 0.506 e. The van der Waals surface area contributed by atoms with E-state index in [0.717, 1.165) is 18.8 Å². The fourth-order valence-electron chi connectivity index (χ4n) is 3.55. The van der Waals surface area contributed by atoms with Crippen LogP contribution in [0.2, 0.25) is 0 Å². The van der Waals surface area contributed by atoms with Gasteiger partial charge in [0.05, 0.1) is 5.56 Å². The summed E-state index contributed by atoms with van der Waals surface area (Å²) >= 11 is 0. The van der Waals surface area contributed by atoms with Gasteiger partial charge in [-0.15, -0.1) is 0 Å². The number of hydrogen-bond donors (Lipinski definition) is 1. The van der Waals surface area contributed by atoms with Crippen molar-refractivity contribution in [2.75, 3.05) is 18.0 Å². The van der Waals surface area contributed by atoms with Crippen molar-refractivity contribution in [1.82, 2.24) is 0 Å². The lowest BCUT2D eigenvalue weighted by molar-refractivity contribution is 0.403. The van der Waals surface area contributed by atoms with E-state index in [0.29, 0.717) is 17.4 Å². The zero-order valence-electron chi connectivity index (χ0n) is 17.3. The average molecular weight is 359 g/mol. The van der Waals surface area contributed by atoms with E-state index in [1.54, 1.807) is 12.1 Å². The predicted molar refractivity (Wildman–Crippen MR) is 112 cm³/mol. The van der Waals surface area contributed by atoms with Crippen LogP contribution in [0, 0.1) is 23.2 Å². The highest BCUT2D eigenvalue weighted by Gasteiger charge is 2.18. The number of hydrogen-bond acceptors (Lipinski definition) is 3. The van der Waals surface area contributed by atoms with E-state index >= 15 is 0 Å². The van der Waals surface area contributed by atoms with Crippen molar-refractivity contribution >= 4 is 5.69 Å². The van der Waals surface area contributed by atoms with Gasteiger partial charge < -0.3 is 10.0 Å². The minimum Gasteiger partial charge on any atom is -0.506 e. The lowest BCUT2D eigenvalue weighted by atomic mass is 9.95. The molecule has 0 amide bonds. The quantitative estimate of drug-likeness (QED) is 0.437. The highest BCUT2D eigenvalue weighted by Crippen LogP contribution is 2.28. The van der Waals surface area contributed by atoms with E-state index in [9.17, 15) is 5.11 Å². The van der Waals surface area contributed by atoms with Crippen LogP contribution in [0.4, 0.5) is 5.69 Å². The summed E-state index contributed by atoms with van der Waals surface area (Å²) in [5, 5.41) is 19.2. The Morgan fingerprint density at radius 1 is 0.962 bits per heavy atom. The van der Waals surface area contributed by atoms with Gasteiger partial charge >= 0.3 is 0 Å². The van der Waals surface area contributed by atoms with Crippen molar-refractivity contribution in [1.29, 1.82) is 5.26 Å². The normalized spacial score (nSPS) is 13.2. The summed E-state index contributed by atoms with van der Waals surface area (Å²) in [6, 6.07) is 7.57. The third-order valence-electron chi connectivity index (χ3n) is 5.51. The molecule has 26 heavy (non-hydrogen) atoms. The van der Waals surface area contributed by atoms with Crippen LogP contribution >= 0.6 is 0 Å². The maximum absolute atomic E-state index is 10.2. The summed E-state index contributed by atoms with van der Waals surface area (Å²) in [5.41, 5.74) is 1.40. The minimum atomic E-state index is 0.0956. The van der Waals surface area contributed by atoms with Gasteiger partial charge in [-0.25, -0.2) is 0 Å². The molecule has 0 saturated carbocycles. The van der Waals surface area contributed by atoms with Crippen molar-refractivity contribution < 1.29 is 5.11 Å². The molecule has 0 aliphatic heterocycles. The van der Waals surface area contributed by atoms with Gasteiger partial charge in [0.15, 0.2) is 0 Å². The summed E-state index contributed by atoms with van der Waals surface area (Å²) in [6.07, 6.45) is 9.92. The van der Waals surface area contributed by atoms with E-state index in [4.69, 9.17) is 5.26 Å². The van der Waals surface area contributed by atoms with Crippen LogP contribution in [-0.4, -0.2) is 18.2 Å². The monoisotopic (exact) mass is 358 g/mol. The van der Waals surface area contributed by atoms with Crippen molar-refractivity contribution in [3.05, 3.63) is 23.8 Å². The van der Waals surface area contributed by atoms with Gasteiger partial charge in [-0.05, 0) is 36.8 Å². The van der Waals surface area contributed by atoms with Crippen molar-refractivity contribution in [3.8, 4) is 11.8 Å². The predicted octanol–water partition coefficient (Wildman–Crippen LogP) is 6.50. The molecule has 3 heteroatoms. The molecule has 146 valence electrons. The third kappa shape index (κ3) is 7.28. The third-order valence-corrected chi connectivity index (χ3v) is 5.51. The molecule has 0 aliphatic rings. The molecule has 0 bridgehead atoms. The Labute approximate surface area is 161 Å². The zero-order chi connectivity index (χ0) is 19.4. The smallest absolute Gasteiger partial charge is 0.135 e. The number of nitrogens with zero attached hydrogens (tertiary/aromatic N) is 2. The minimum absolute atomic E-state index is 0.0956. The Morgan fingerprint density at radius 2 is 1.50 bits per heavy atom. The standard InChI is InChI=1S/C23H38N2O/c1-5-9-11-19(7-3)17-25(18-20(8-4)12-10-6-2)22-14-13-21(16-24)23(26)15-22/h13-15,19-20,26H,5-12,17-18H2,1-4H3. The molecule has 0 aromatic heterocycles. The van der Waals surface area contributed by atoms with Crippen molar-refractivity contribution in [2.45, 2.75) is 79.1 Å². The van der Waals surface area contributed by atoms with Gasteiger partial charge in [-0.3, -0.25) is 0 Å². The van der Waals surface area contributed by atoms with Crippen LogP contribution in [-0.2, 0) is 0 Å². The second-order valence-electron chi connectivity index (χ2n) is 7.55. The Bertz CT molecular complexity index is 532. The summed E-state index contributed by atoms with van der Waals surface area (Å²) in [6.45, 7) is 11.1. The number of nitriles is 1. The molecule has 0 fully saturated rings. The van der Waals surface area contributed by atoms with E-state index in [1.165, 1.54) is 51.4 Å². The number of aromatic hydroxyl groups is 1. The Balaban J connectivity index is 2.99. The van der Waals surface area contributed by atoms with Crippen LogP contribution in [0.3, 0.4) is 0 Å². The number of phenols is 1. The van der Waals surface area contributed by atoms with Crippen molar-refractivity contribution in [3.63, 3.8) is 0 Å². The fourth-order valence-corrected chi connectivity index (χ4v) is 3.55. The number of unbranched alkanes of at least 4 members (excludes halogenated alkanes) is 2. The first kappa shape index (κ1) is 22.4. The number of phenolic OH excluding ortho intramolecular Hbond substituents is 1. The topological polar surface area (TPSA) is 47.3 Å². The first-order valence-corrected chi connectivity index (χ1v) is 10.6. The van der Waals surface area contributed by atoms with E-state index in [1.807, 2.05) is 6.07 Å². The second kappa shape index (κ2) is 12.6. The lowest BCUT2D eigenvalue weighted by Crippen LogP contribution is -2.34. The zero-order valence-corrected chi connectivity index (χ0v) is 17.3. The van der Waals surface area contributed by atoms with Crippen molar-refractivity contribution in [2.24, 2.45) is 11.8 Å². The first-order chi connectivity index (χ1) is 12.6. The van der Waals surface area contributed by atoms with Crippen LogP contribution in [0.15, 0.2) is 18.2 Å². The molecule has 0 radical (unpaired) electrons. The SMILES string of the molecule is CCCCC(CC)CN(CC(CC)CCCC)c1ccc(C#N)c(O)c1. The molecule has 2 unspecified atom stereocenters. The molecule has 1 aromatic rings. The van der Waals surface area contributed by atoms with Gasteiger partial charge in [0.25, 0.3) is 0 Å². The summed E-state index contributed by atoms with van der Waals surface area (Å²) in [7, 11) is 0. The maximum Gasteiger partial charge on any atom is 0.135 e. The molecule has 2 atom stereocenters. The molecule has 3 nitrogen and oxygen atoms in total. The number of benzene rings is 1. The van der Waals surface area contributed by atoms with Crippen LogP contribution in [0.25, 0.3) is 0 Å². The number of rotatable bonds is 13. The fraction of sp³-hybridized carbons (Fsp3) is 0.696. The second-order valence-corrected chi connectivity index (χ2v) is 7.55. The maximum atomic E-state index is 10.2. The summed E-state index contributed by atoms with van der Waals surface area (Å²) in [5.74, 6) is 1.45.